The second kappa shape index (κ2) is 6.74. The Morgan fingerprint density at radius 2 is 1.75 bits per heavy atom. The van der Waals surface area contributed by atoms with E-state index in [1.54, 1.807) is 32.4 Å². The summed E-state index contributed by atoms with van der Waals surface area (Å²) in [6, 6.07) is 11.7. The molecule has 1 aromatic heterocycles. The molecule has 0 unspecified atom stereocenters. The number of ether oxygens (including phenoxy) is 2. The lowest BCUT2D eigenvalue weighted by Crippen LogP contribution is -2.02. The van der Waals surface area contributed by atoms with Gasteiger partial charge in [-0.1, -0.05) is 0 Å². The van der Waals surface area contributed by atoms with Gasteiger partial charge in [0.2, 0.25) is 0 Å². The van der Waals surface area contributed by atoms with Gasteiger partial charge in [-0.2, -0.15) is 0 Å². The molecule has 0 saturated heterocycles. The van der Waals surface area contributed by atoms with Crippen molar-refractivity contribution in [2.24, 2.45) is 0 Å². The number of aromatic nitrogens is 1. The largest absolute Gasteiger partial charge is 0.497 e. The highest BCUT2D eigenvalue weighted by Crippen LogP contribution is 2.24. The molecule has 2 aromatic carbocycles. The number of halogens is 1. The summed E-state index contributed by atoms with van der Waals surface area (Å²) >= 11 is 0. The Morgan fingerprint density at radius 3 is 2.42 bits per heavy atom. The maximum absolute atomic E-state index is 13.2. The zero-order valence-corrected chi connectivity index (χ0v) is 13.6. The van der Waals surface area contributed by atoms with Crippen LogP contribution in [-0.4, -0.2) is 25.0 Å². The van der Waals surface area contributed by atoms with Gasteiger partial charge in [-0.3, -0.25) is 4.79 Å². The van der Waals surface area contributed by atoms with Crippen LogP contribution in [0.5, 0.6) is 11.5 Å². The lowest BCUT2D eigenvalue weighted by Gasteiger charge is -2.08. The zero-order valence-electron chi connectivity index (χ0n) is 13.6. The average Bonchev–Trinajstić information content (AvgIpc) is 3.02. The molecule has 3 aromatic rings. The average molecular weight is 327 g/mol. The van der Waals surface area contributed by atoms with E-state index in [1.807, 2.05) is 12.1 Å². The molecule has 0 atom stereocenters. The number of carbonyl (C=O) groups excluding carboxylic acids is 1. The normalized spacial score (nSPS) is 10.8. The van der Waals surface area contributed by atoms with E-state index in [2.05, 4.69) is 4.98 Å². The Bertz CT molecular complexity index is 863. The van der Waals surface area contributed by atoms with Crippen molar-refractivity contribution in [3.05, 3.63) is 59.5 Å². The number of hydrogen-bond acceptors (Lipinski definition) is 3. The number of ketones is 1. The lowest BCUT2D eigenvalue weighted by atomic mass is 10.1. The first-order valence-corrected chi connectivity index (χ1v) is 7.62. The number of methoxy groups -OCH3 is 2. The minimum Gasteiger partial charge on any atom is -0.497 e. The molecule has 0 aliphatic carbocycles. The maximum atomic E-state index is 13.2. The molecule has 0 amide bonds. The van der Waals surface area contributed by atoms with Crippen molar-refractivity contribution in [3.63, 3.8) is 0 Å². The Balaban J connectivity index is 1.74. The number of fused-ring (bicyclic) bond motifs is 1. The molecule has 0 aliphatic rings. The second-order valence-corrected chi connectivity index (χ2v) is 5.56. The van der Waals surface area contributed by atoms with Gasteiger partial charge < -0.3 is 14.5 Å². The van der Waals surface area contributed by atoms with Crippen LogP contribution < -0.4 is 9.47 Å². The van der Waals surface area contributed by atoms with Crippen molar-refractivity contribution in [1.82, 2.24) is 4.98 Å². The molecular formula is C19H18FNO3. The molecule has 4 nitrogen and oxygen atoms in total. The van der Waals surface area contributed by atoms with Gasteiger partial charge >= 0.3 is 0 Å². The fourth-order valence-corrected chi connectivity index (χ4v) is 2.66. The van der Waals surface area contributed by atoms with Crippen LogP contribution in [0, 0.1) is 5.82 Å². The van der Waals surface area contributed by atoms with Gasteiger partial charge in [0.25, 0.3) is 0 Å². The highest BCUT2D eigenvalue weighted by Gasteiger charge is 2.11. The van der Waals surface area contributed by atoms with E-state index in [9.17, 15) is 9.18 Å². The Morgan fingerprint density at radius 1 is 1.04 bits per heavy atom. The molecule has 3 rings (SSSR count). The van der Waals surface area contributed by atoms with Gasteiger partial charge in [0, 0.05) is 23.4 Å². The number of hydrogen-bond donors (Lipinski definition) is 1. The predicted molar refractivity (Wildman–Crippen MR) is 90.5 cm³/mol. The quantitative estimate of drug-likeness (QED) is 0.692. The summed E-state index contributed by atoms with van der Waals surface area (Å²) in [7, 11) is 3.18. The molecule has 0 spiro atoms. The molecule has 0 saturated carbocycles. The van der Waals surface area contributed by atoms with Crippen LogP contribution in [0.15, 0.2) is 42.5 Å². The van der Waals surface area contributed by atoms with E-state index < -0.39 is 0 Å². The first-order valence-electron chi connectivity index (χ1n) is 7.62. The number of nitrogens with one attached hydrogen (secondary N) is 1. The lowest BCUT2D eigenvalue weighted by molar-refractivity contribution is 0.0979. The molecule has 24 heavy (non-hydrogen) atoms. The minimum atomic E-state index is -0.316. The van der Waals surface area contributed by atoms with Gasteiger partial charge in [-0.05, 0) is 48.4 Å². The number of aromatic amines is 1. The topological polar surface area (TPSA) is 51.3 Å². The second-order valence-electron chi connectivity index (χ2n) is 5.56. The molecule has 0 aliphatic heterocycles. The van der Waals surface area contributed by atoms with E-state index in [0.29, 0.717) is 35.4 Å². The standard InChI is InChI=1S/C19H18FNO3/c1-23-15-7-12(8-16(11-15)24-2)3-6-19(22)18-10-13-9-14(20)4-5-17(13)21-18/h4-5,7-11,21H,3,6H2,1-2H3. The van der Waals surface area contributed by atoms with E-state index in [4.69, 9.17) is 9.47 Å². The van der Waals surface area contributed by atoms with Gasteiger partial charge in [0.1, 0.15) is 17.3 Å². The zero-order chi connectivity index (χ0) is 17.1. The number of rotatable bonds is 6. The van der Waals surface area contributed by atoms with Crippen LogP contribution in [0.3, 0.4) is 0 Å². The maximum Gasteiger partial charge on any atom is 0.179 e. The number of Topliss-reactive ketones (excluding diaryl/α,β-unsaturated/α-hetero) is 1. The van der Waals surface area contributed by atoms with E-state index in [1.165, 1.54) is 12.1 Å². The molecule has 1 heterocycles. The summed E-state index contributed by atoms with van der Waals surface area (Å²) in [6.07, 6.45) is 0.905. The summed E-state index contributed by atoms with van der Waals surface area (Å²) in [6.45, 7) is 0. The van der Waals surface area contributed by atoms with E-state index in [-0.39, 0.29) is 11.6 Å². The van der Waals surface area contributed by atoms with Crippen LogP contribution in [0.1, 0.15) is 22.5 Å². The van der Waals surface area contributed by atoms with Crippen LogP contribution in [0.25, 0.3) is 10.9 Å². The summed E-state index contributed by atoms with van der Waals surface area (Å²) in [5, 5.41) is 0.696. The first-order chi connectivity index (χ1) is 11.6. The molecular weight excluding hydrogens is 309 g/mol. The number of aryl methyl sites for hydroxylation is 1. The monoisotopic (exact) mass is 327 g/mol. The number of benzene rings is 2. The summed E-state index contributed by atoms with van der Waals surface area (Å²) < 4.78 is 23.7. The van der Waals surface area contributed by atoms with Crippen LogP contribution in [-0.2, 0) is 6.42 Å². The SMILES string of the molecule is COc1cc(CCC(=O)c2cc3cc(F)ccc3[nH]2)cc(OC)c1. The Hall–Kier alpha value is -2.82. The molecule has 124 valence electrons. The van der Waals surface area contributed by atoms with Crippen molar-refractivity contribution >= 4 is 16.7 Å². The van der Waals surface area contributed by atoms with Gasteiger partial charge in [0.05, 0.1) is 19.9 Å². The summed E-state index contributed by atoms with van der Waals surface area (Å²) in [5.41, 5.74) is 2.20. The molecule has 0 radical (unpaired) electrons. The van der Waals surface area contributed by atoms with Crippen molar-refractivity contribution in [3.8, 4) is 11.5 Å². The minimum absolute atomic E-state index is 0.0200. The predicted octanol–water partition coefficient (Wildman–Crippen LogP) is 4.14. The third-order valence-corrected chi connectivity index (χ3v) is 3.94. The summed E-state index contributed by atoms with van der Waals surface area (Å²) in [4.78, 5) is 15.4. The van der Waals surface area contributed by atoms with E-state index >= 15 is 0 Å². The van der Waals surface area contributed by atoms with Gasteiger partial charge in [0.15, 0.2) is 5.78 Å². The third kappa shape index (κ3) is 3.40. The van der Waals surface area contributed by atoms with Gasteiger partial charge in [-0.25, -0.2) is 4.39 Å². The smallest absolute Gasteiger partial charge is 0.179 e. The number of H-pyrrole nitrogens is 1. The molecule has 0 fully saturated rings. The highest BCUT2D eigenvalue weighted by atomic mass is 19.1. The molecule has 1 N–H and O–H groups in total. The van der Waals surface area contributed by atoms with Crippen molar-refractivity contribution < 1.29 is 18.7 Å². The third-order valence-electron chi connectivity index (χ3n) is 3.94. The Labute approximate surface area is 139 Å². The highest BCUT2D eigenvalue weighted by molar-refractivity contribution is 5.99. The number of carbonyl (C=O) groups is 1. The van der Waals surface area contributed by atoms with Crippen LogP contribution in [0.4, 0.5) is 4.39 Å². The van der Waals surface area contributed by atoms with Crippen LogP contribution in [0.2, 0.25) is 0 Å². The molecule has 0 bridgehead atoms. The summed E-state index contributed by atoms with van der Waals surface area (Å²) in [5.74, 6) is 1.05. The van der Waals surface area contributed by atoms with Crippen LogP contribution >= 0.6 is 0 Å². The van der Waals surface area contributed by atoms with Gasteiger partial charge in [-0.15, -0.1) is 0 Å². The van der Waals surface area contributed by atoms with E-state index in [0.717, 1.165) is 11.1 Å². The molecule has 5 heteroatoms. The fraction of sp³-hybridized carbons (Fsp3) is 0.211. The van der Waals surface area contributed by atoms with Crippen molar-refractivity contribution in [2.45, 2.75) is 12.8 Å². The van der Waals surface area contributed by atoms with Crippen molar-refractivity contribution in [1.29, 1.82) is 0 Å². The Kier molecular flexibility index (Phi) is 4.51. The fourth-order valence-electron chi connectivity index (χ4n) is 2.66. The van der Waals surface area contributed by atoms with Crippen molar-refractivity contribution in [2.75, 3.05) is 14.2 Å². The first kappa shape index (κ1) is 16.1.